The Hall–Kier alpha value is -3.05. The highest BCUT2D eigenvalue weighted by atomic mass is 16.8. The molecule has 1 amide bonds. The van der Waals surface area contributed by atoms with Crippen LogP contribution in [0.5, 0.6) is 0 Å². The average molecular weight is 664 g/mol. The van der Waals surface area contributed by atoms with E-state index < -0.39 is 53.6 Å². The molecule has 1 aromatic rings. The number of fused-ring (bicyclic) bond motifs is 2. The van der Waals surface area contributed by atoms with Crippen molar-refractivity contribution in [3.63, 3.8) is 0 Å². The molecule has 10 heteroatoms. The van der Waals surface area contributed by atoms with Crippen LogP contribution in [-0.2, 0) is 33.3 Å². The van der Waals surface area contributed by atoms with Crippen molar-refractivity contribution in [2.45, 2.75) is 133 Å². The molecule has 3 unspecified atom stereocenters. The summed E-state index contributed by atoms with van der Waals surface area (Å²) in [5, 5.41) is 12.9. The number of ether oxygens (including phenoxy) is 5. The quantitative estimate of drug-likeness (QED) is 0.234. The number of aliphatic hydroxyl groups excluding tert-OH is 1. The van der Waals surface area contributed by atoms with Crippen molar-refractivity contribution < 1.29 is 43.2 Å². The molecule has 260 valence electrons. The van der Waals surface area contributed by atoms with E-state index in [0.717, 1.165) is 50.5 Å². The highest BCUT2D eigenvalue weighted by Crippen LogP contribution is 2.59. The van der Waals surface area contributed by atoms with Gasteiger partial charge in [0.1, 0.15) is 23.9 Å². The minimum absolute atomic E-state index is 0.0549. The van der Waals surface area contributed by atoms with Gasteiger partial charge in [0.15, 0.2) is 5.79 Å². The van der Waals surface area contributed by atoms with Crippen molar-refractivity contribution in [3.8, 4) is 0 Å². The maximum Gasteiger partial charge on any atom is 0.338 e. The molecule has 6 aliphatic rings. The predicted octanol–water partition coefficient (Wildman–Crippen LogP) is 5.02. The van der Waals surface area contributed by atoms with Crippen LogP contribution >= 0.6 is 0 Å². The summed E-state index contributed by atoms with van der Waals surface area (Å²) in [5.41, 5.74) is 1.14. The highest BCUT2D eigenvalue weighted by molar-refractivity contribution is 5.94. The molecule has 1 aromatic carbocycles. The standard InChI is InChI=1S/C38H49NO9/c1-37(2,3)47-33(41)16-14-28(21-40)39-35(42)25-19-31(34-32(20-25)46-38(48-34,26-10-11-26)27-12-13-27)45-36(43)24-6-4-5-22(17-24)7-8-23-9-15-29-30(18-23)44-29/h4-8,17,20,23,26-32,34,40H,9-16,18-19,21H2,1-3H3,(H,39,42)/t23?,28-,29?,30?,31+,32+,34-/m0/s1. The molecule has 2 heterocycles. The zero-order valence-electron chi connectivity index (χ0n) is 28.2. The molecule has 3 saturated carbocycles. The fourth-order valence-corrected chi connectivity index (χ4v) is 7.57. The maximum atomic E-state index is 13.7. The molecule has 10 nitrogen and oxygen atoms in total. The Morgan fingerprint density at radius 1 is 1.06 bits per heavy atom. The van der Waals surface area contributed by atoms with E-state index in [-0.39, 0.29) is 25.9 Å². The van der Waals surface area contributed by atoms with Crippen molar-refractivity contribution in [2.24, 2.45) is 17.8 Å². The Kier molecular flexibility index (Phi) is 9.30. The Morgan fingerprint density at radius 3 is 2.52 bits per heavy atom. The first-order valence-corrected chi connectivity index (χ1v) is 17.8. The van der Waals surface area contributed by atoms with Gasteiger partial charge in [0.25, 0.3) is 0 Å². The SMILES string of the molecule is CC(C)(C)OC(=O)CC[C@@H](CO)NC(=O)C1=C[C@H]2OC(C3CC3)(C3CC3)O[C@H]2[C@H](OC(=O)c2cccc(C=CC3CCC4OC4C3)c2)C1. The van der Waals surface area contributed by atoms with E-state index in [9.17, 15) is 19.5 Å². The lowest BCUT2D eigenvalue weighted by molar-refractivity contribution is -0.209. The van der Waals surface area contributed by atoms with Gasteiger partial charge in [-0.3, -0.25) is 9.59 Å². The van der Waals surface area contributed by atoms with E-state index in [0.29, 0.717) is 41.1 Å². The van der Waals surface area contributed by atoms with E-state index in [1.807, 2.05) is 18.2 Å². The monoisotopic (exact) mass is 663 g/mol. The van der Waals surface area contributed by atoms with Gasteiger partial charge in [-0.2, -0.15) is 0 Å². The number of carbonyl (C=O) groups excluding carboxylic acids is 3. The Balaban J connectivity index is 1.04. The summed E-state index contributed by atoms with van der Waals surface area (Å²) < 4.78 is 30.6. The third-order valence-corrected chi connectivity index (χ3v) is 10.4. The fraction of sp³-hybridized carbons (Fsp3) is 0.658. The van der Waals surface area contributed by atoms with E-state index in [1.54, 1.807) is 32.9 Å². The zero-order valence-corrected chi connectivity index (χ0v) is 28.2. The molecule has 4 aliphatic carbocycles. The molecule has 2 N–H and O–H groups in total. The van der Waals surface area contributed by atoms with Gasteiger partial charge >= 0.3 is 11.9 Å². The van der Waals surface area contributed by atoms with E-state index in [1.165, 1.54) is 0 Å². The van der Waals surface area contributed by atoms with Gasteiger partial charge in [-0.15, -0.1) is 0 Å². The molecule has 7 rings (SSSR count). The molecule has 7 atom stereocenters. The van der Waals surface area contributed by atoms with Crippen LogP contribution in [0.15, 0.2) is 42.0 Å². The normalized spacial score (nSPS) is 31.3. The molecule has 48 heavy (non-hydrogen) atoms. The van der Waals surface area contributed by atoms with Gasteiger partial charge in [-0.05, 0) is 102 Å². The maximum absolute atomic E-state index is 13.7. The number of rotatable bonds is 12. The first-order chi connectivity index (χ1) is 23.0. The first kappa shape index (κ1) is 33.4. The molecule has 0 radical (unpaired) electrons. The molecule has 5 fully saturated rings. The summed E-state index contributed by atoms with van der Waals surface area (Å²) in [6, 6.07) is 6.76. The third-order valence-electron chi connectivity index (χ3n) is 10.4. The largest absolute Gasteiger partial charge is 0.460 e. The lowest BCUT2D eigenvalue weighted by Crippen LogP contribution is -2.45. The summed E-state index contributed by atoms with van der Waals surface area (Å²) in [5.74, 6) is -0.904. The topological polar surface area (TPSA) is 133 Å². The molecular formula is C38H49NO9. The lowest BCUT2D eigenvalue weighted by atomic mass is 9.88. The number of benzene rings is 1. The number of carbonyl (C=O) groups is 3. The van der Waals surface area contributed by atoms with Gasteiger partial charge in [-0.25, -0.2) is 4.79 Å². The van der Waals surface area contributed by atoms with E-state index >= 15 is 0 Å². The summed E-state index contributed by atoms with van der Waals surface area (Å²) in [6.07, 6.45) is 12.9. The van der Waals surface area contributed by atoms with Crippen LogP contribution in [0.2, 0.25) is 0 Å². The van der Waals surface area contributed by atoms with Crippen molar-refractivity contribution in [3.05, 3.63) is 53.1 Å². The lowest BCUT2D eigenvalue weighted by Gasteiger charge is -2.31. The van der Waals surface area contributed by atoms with Crippen LogP contribution in [0.4, 0.5) is 0 Å². The van der Waals surface area contributed by atoms with Crippen molar-refractivity contribution in [1.82, 2.24) is 5.32 Å². The zero-order chi connectivity index (χ0) is 33.6. The second kappa shape index (κ2) is 13.3. The van der Waals surface area contributed by atoms with Crippen LogP contribution in [0, 0.1) is 17.8 Å². The van der Waals surface area contributed by atoms with Crippen LogP contribution in [-0.4, -0.2) is 77.5 Å². The molecule has 2 saturated heterocycles. The Bertz CT molecular complexity index is 1440. The van der Waals surface area contributed by atoms with Crippen LogP contribution in [0.3, 0.4) is 0 Å². The molecule has 2 aliphatic heterocycles. The number of allylic oxidation sites excluding steroid dienone is 1. The summed E-state index contributed by atoms with van der Waals surface area (Å²) >= 11 is 0. The highest BCUT2D eigenvalue weighted by Gasteiger charge is 2.64. The second-order valence-electron chi connectivity index (χ2n) is 15.5. The first-order valence-electron chi connectivity index (χ1n) is 17.8. The Morgan fingerprint density at radius 2 is 1.83 bits per heavy atom. The number of amides is 1. The number of aliphatic hydroxyl groups is 1. The molecular weight excluding hydrogens is 614 g/mol. The van der Waals surface area contributed by atoms with Gasteiger partial charge < -0.3 is 34.1 Å². The average Bonchev–Trinajstić information content (AvgIpc) is 3.92. The number of hydrogen-bond donors (Lipinski definition) is 2. The van der Waals surface area contributed by atoms with Crippen LogP contribution < -0.4 is 5.32 Å². The van der Waals surface area contributed by atoms with Gasteiger partial charge in [-0.1, -0.05) is 24.3 Å². The van der Waals surface area contributed by atoms with E-state index in [4.69, 9.17) is 23.7 Å². The summed E-state index contributed by atoms with van der Waals surface area (Å²) in [4.78, 5) is 39.5. The number of hydrogen-bond acceptors (Lipinski definition) is 9. The van der Waals surface area contributed by atoms with Crippen molar-refractivity contribution in [1.29, 1.82) is 0 Å². The van der Waals surface area contributed by atoms with E-state index in [2.05, 4.69) is 17.5 Å². The van der Waals surface area contributed by atoms with Crippen LogP contribution in [0.25, 0.3) is 6.08 Å². The van der Waals surface area contributed by atoms with Gasteiger partial charge in [0.05, 0.1) is 30.4 Å². The summed E-state index contributed by atoms with van der Waals surface area (Å²) in [6.45, 7) is 5.05. The molecule has 0 bridgehead atoms. The number of nitrogens with one attached hydrogen (secondary N) is 1. The Labute approximate surface area is 282 Å². The number of epoxide rings is 1. The fourth-order valence-electron chi connectivity index (χ4n) is 7.57. The van der Waals surface area contributed by atoms with Gasteiger partial charge in [0.2, 0.25) is 5.91 Å². The molecule has 0 aromatic heterocycles. The molecule has 0 spiro atoms. The minimum atomic E-state index is -0.741. The van der Waals surface area contributed by atoms with Crippen molar-refractivity contribution in [2.75, 3.05) is 6.61 Å². The second-order valence-corrected chi connectivity index (χ2v) is 15.5. The van der Waals surface area contributed by atoms with Crippen molar-refractivity contribution >= 4 is 23.9 Å². The third kappa shape index (κ3) is 7.72. The summed E-state index contributed by atoms with van der Waals surface area (Å²) in [7, 11) is 0. The van der Waals surface area contributed by atoms with Gasteiger partial charge in [0, 0.05) is 30.3 Å². The predicted molar refractivity (Wildman–Crippen MR) is 175 cm³/mol. The van der Waals surface area contributed by atoms with Crippen LogP contribution in [0.1, 0.15) is 101 Å². The minimum Gasteiger partial charge on any atom is -0.460 e. The number of esters is 2. The smallest absolute Gasteiger partial charge is 0.338 e.